The van der Waals surface area contributed by atoms with Crippen LogP contribution in [0, 0.1) is 0 Å². The SMILES string of the molecule is CCOc1ccc(N2C(=O)c3ccc(Oc4cccc(NC(C)=O)c4)cc3C2=O)cc1. The average Bonchev–Trinajstić information content (AvgIpc) is 2.99. The highest BCUT2D eigenvalue weighted by atomic mass is 16.5. The van der Waals surface area contributed by atoms with Crippen LogP contribution < -0.4 is 19.7 Å². The number of hydrogen-bond acceptors (Lipinski definition) is 5. The second-order valence-corrected chi connectivity index (χ2v) is 6.89. The minimum Gasteiger partial charge on any atom is -0.494 e. The molecule has 3 amide bonds. The Hall–Kier alpha value is -4.13. The maximum Gasteiger partial charge on any atom is 0.266 e. The number of rotatable bonds is 6. The number of nitrogens with one attached hydrogen (secondary N) is 1. The van der Waals surface area contributed by atoms with Crippen LogP contribution in [-0.2, 0) is 4.79 Å². The molecule has 1 aliphatic heterocycles. The number of carbonyl (C=O) groups excluding carboxylic acids is 3. The molecule has 1 N–H and O–H groups in total. The number of anilines is 2. The highest BCUT2D eigenvalue weighted by Gasteiger charge is 2.37. The molecule has 31 heavy (non-hydrogen) atoms. The molecule has 7 nitrogen and oxygen atoms in total. The number of imide groups is 1. The second-order valence-electron chi connectivity index (χ2n) is 6.89. The van der Waals surface area contributed by atoms with Gasteiger partial charge in [-0.2, -0.15) is 0 Å². The maximum atomic E-state index is 13.0. The van der Waals surface area contributed by atoms with Crippen molar-refractivity contribution in [2.45, 2.75) is 13.8 Å². The van der Waals surface area contributed by atoms with Crippen molar-refractivity contribution in [3.8, 4) is 17.2 Å². The van der Waals surface area contributed by atoms with Crippen LogP contribution in [-0.4, -0.2) is 24.3 Å². The van der Waals surface area contributed by atoms with Gasteiger partial charge in [-0.25, -0.2) is 4.90 Å². The smallest absolute Gasteiger partial charge is 0.266 e. The van der Waals surface area contributed by atoms with Crippen LogP contribution in [0.15, 0.2) is 66.7 Å². The fourth-order valence-electron chi connectivity index (χ4n) is 3.35. The Bertz CT molecular complexity index is 1170. The van der Waals surface area contributed by atoms with E-state index in [1.165, 1.54) is 6.92 Å². The number of amides is 3. The Balaban J connectivity index is 1.57. The summed E-state index contributed by atoms with van der Waals surface area (Å²) in [6.45, 7) is 3.84. The maximum absolute atomic E-state index is 13.0. The van der Waals surface area contributed by atoms with Crippen molar-refractivity contribution in [3.05, 3.63) is 77.9 Å². The topological polar surface area (TPSA) is 84.9 Å². The molecule has 0 bridgehead atoms. The Morgan fingerprint density at radius 1 is 0.871 bits per heavy atom. The van der Waals surface area contributed by atoms with Crippen molar-refractivity contribution >= 4 is 29.1 Å². The molecule has 1 aliphatic rings. The third kappa shape index (κ3) is 4.11. The largest absolute Gasteiger partial charge is 0.494 e. The molecule has 0 fully saturated rings. The van der Waals surface area contributed by atoms with E-state index in [4.69, 9.17) is 9.47 Å². The monoisotopic (exact) mass is 416 g/mol. The Labute approximate surface area is 179 Å². The van der Waals surface area contributed by atoms with Gasteiger partial charge in [-0.15, -0.1) is 0 Å². The minimum absolute atomic E-state index is 0.187. The molecule has 0 aromatic heterocycles. The van der Waals surface area contributed by atoms with Gasteiger partial charge in [0.15, 0.2) is 0 Å². The lowest BCUT2D eigenvalue weighted by molar-refractivity contribution is -0.114. The number of hydrogen-bond donors (Lipinski definition) is 1. The van der Waals surface area contributed by atoms with Gasteiger partial charge in [-0.3, -0.25) is 14.4 Å². The lowest BCUT2D eigenvalue weighted by atomic mass is 10.1. The molecule has 0 aliphatic carbocycles. The Kier molecular flexibility index (Phi) is 5.41. The summed E-state index contributed by atoms with van der Waals surface area (Å²) in [6, 6.07) is 18.5. The molecule has 0 radical (unpaired) electrons. The van der Waals surface area contributed by atoms with Crippen LogP contribution in [0.4, 0.5) is 11.4 Å². The number of benzene rings is 3. The third-order valence-electron chi connectivity index (χ3n) is 4.65. The fourth-order valence-corrected chi connectivity index (χ4v) is 3.35. The lowest BCUT2D eigenvalue weighted by Crippen LogP contribution is -2.29. The van der Waals surface area contributed by atoms with Crippen LogP contribution in [0.1, 0.15) is 34.6 Å². The van der Waals surface area contributed by atoms with E-state index in [2.05, 4.69) is 5.32 Å². The number of ether oxygens (including phenoxy) is 2. The van der Waals surface area contributed by atoms with E-state index in [0.717, 1.165) is 4.90 Å². The first-order valence-corrected chi connectivity index (χ1v) is 9.77. The predicted octanol–water partition coefficient (Wildman–Crippen LogP) is 4.64. The summed E-state index contributed by atoms with van der Waals surface area (Å²) >= 11 is 0. The van der Waals surface area contributed by atoms with Crippen LogP contribution in [0.2, 0.25) is 0 Å². The standard InChI is InChI=1S/C24H20N2O5/c1-3-30-18-9-7-17(8-10-18)26-23(28)21-12-11-20(14-22(21)24(26)29)31-19-6-4-5-16(13-19)25-15(2)27/h4-14H,3H2,1-2H3,(H,25,27). The molecule has 1 heterocycles. The van der Waals surface area contributed by atoms with E-state index >= 15 is 0 Å². The molecule has 4 rings (SSSR count). The predicted molar refractivity (Wildman–Crippen MR) is 116 cm³/mol. The van der Waals surface area contributed by atoms with E-state index in [-0.39, 0.29) is 17.4 Å². The molecule has 0 unspecified atom stereocenters. The molecule has 0 spiro atoms. The third-order valence-corrected chi connectivity index (χ3v) is 4.65. The van der Waals surface area contributed by atoms with Gasteiger partial charge in [-0.1, -0.05) is 6.07 Å². The van der Waals surface area contributed by atoms with Crippen molar-refractivity contribution < 1.29 is 23.9 Å². The zero-order valence-corrected chi connectivity index (χ0v) is 17.0. The normalized spacial score (nSPS) is 12.5. The first-order valence-electron chi connectivity index (χ1n) is 9.77. The summed E-state index contributed by atoms with van der Waals surface area (Å²) in [6.07, 6.45) is 0. The first kappa shape index (κ1) is 20.2. The van der Waals surface area contributed by atoms with Crippen LogP contribution >= 0.6 is 0 Å². The zero-order chi connectivity index (χ0) is 22.0. The van der Waals surface area contributed by atoms with Crippen molar-refractivity contribution in [1.29, 1.82) is 0 Å². The van der Waals surface area contributed by atoms with Gasteiger partial charge < -0.3 is 14.8 Å². The second kappa shape index (κ2) is 8.31. The van der Waals surface area contributed by atoms with Gasteiger partial charge in [0, 0.05) is 18.7 Å². The van der Waals surface area contributed by atoms with E-state index < -0.39 is 5.91 Å². The van der Waals surface area contributed by atoms with Gasteiger partial charge in [0.25, 0.3) is 11.8 Å². The molecule has 3 aromatic rings. The van der Waals surface area contributed by atoms with Crippen LogP contribution in [0.5, 0.6) is 17.2 Å². The van der Waals surface area contributed by atoms with Gasteiger partial charge in [-0.05, 0) is 61.5 Å². The first-order chi connectivity index (χ1) is 15.0. The van der Waals surface area contributed by atoms with Crippen molar-refractivity contribution in [1.82, 2.24) is 0 Å². The van der Waals surface area contributed by atoms with Gasteiger partial charge >= 0.3 is 0 Å². The molecule has 0 saturated heterocycles. The molecule has 7 heteroatoms. The fraction of sp³-hybridized carbons (Fsp3) is 0.125. The molecular weight excluding hydrogens is 396 g/mol. The van der Waals surface area contributed by atoms with E-state index in [9.17, 15) is 14.4 Å². The van der Waals surface area contributed by atoms with Crippen LogP contribution in [0.3, 0.4) is 0 Å². The zero-order valence-electron chi connectivity index (χ0n) is 17.0. The Morgan fingerprint density at radius 3 is 2.26 bits per heavy atom. The molecule has 0 atom stereocenters. The average molecular weight is 416 g/mol. The number of nitrogens with zero attached hydrogens (tertiary/aromatic N) is 1. The summed E-state index contributed by atoms with van der Waals surface area (Å²) in [7, 11) is 0. The van der Waals surface area contributed by atoms with Crippen molar-refractivity contribution in [2.24, 2.45) is 0 Å². The lowest BCUT2D eigenvalue weighted by Gasteiger charge is -2.14. The van der Waals surface area contributed by atoms with Gasteiger partial charge in [0.05, 0.1) is 23.4 Å². The molecule has 156 valence electrons. The molecule has 0 saturated carbocycles. The van der Waals surface area contributed by atoms with E-state index in [1.807, 2.05) is 6.92 Å². The summed E-state index contributed by atoms with van der Waals surface area (Å²) in [5, 5.41) is 2.69. The minimum atomic E-state index is -0.415. The van der Waals surface area contributed by atoms with Crippen LogP contribution in [0.25, 0.3) is 0 Å². The van der Waals surface area contributed by atoms with Gasteiger partial charge in [0.1, 0.15) is 17.2 Å². The quantitative estimate of drug-likeness (QED) is 0.592. The molecular formula is C24H20N2O5. The number of fused-ring (bicyclic) bond motifs is 1. The van der Waals surface area contributed by atoms with Gasteiger partial charge in [0.2, 0.25) is 5.91 Å². The summed E-state index contributed by atoms with van der Waals surface area (Å²) in [5.41, 5.74) is 1.66. The summed E-state index contributed by atoms with van der Waals surface area (Å²) < 4.78 is 11.3. The van der Waals surface area contributed by atoms with E-state index in [1.54, 1.807) is 66.7 Å². The van der Waals surface area contributed by atoms with Crippen molar-refractivity contribution in [2.75, 3.05) is 16.8 Å². The molecule has 3 aromatic carbocycles. The number of carbonyl (C=O) groups is 3. The highest BCUT2D eigenvalue weighted by molar-refractivity contribution is 6.34. The highest BCUT2D eigenvalue weighted by Crippen LogP contribution is 2.33. The summed E-state index contributed by atoms with van der Waals surface area (Å²) in [5.74, 6) is 0.581. The van der Waals surface area contributed by atoms with Crippen molar-refractivity contribution in [3.63, 3.8) is 0 Å². The summed E-state index contributed by atoms with van der Waals surface area (Å²) in [4.78, 5) is 38.2. The van der Waals surface area contributed by atoms with E-state index in [0.29, 0.717) is 40.8 Å². The Morgan fingerprint density at radius 2 is 1.55 bits per heavy atom.